The van der Waals surface area contributed by atoms with Gasteiger partial charge in [-0.2, -0.15) is 0 Å². The molecule has 0 saturated heterocycles. The third kappa shape index (κ3) is 14.2. The SMILES string of the molecule is C=CCOC(CNCC(=O)OC(C)(C)C)[C@H](C)CN(CCOCc1ccc(OC)cc1)C(=O)c1cc([N+](=O)[O-])ccc1O[C@@H](C)CC=C. The lowest BCUT2D eigenvalue weighted by molar-refractivity contribution is -0.384. The average Bonchev–Trinajstić information content (AvgIpc) is 3.03. The number of amides is 1. The molecule has 0 saturated carbocycles. The van der Waals surface area contributed by atoms with Gasteiger partial charge in [-0.15, -0.1) is 13.2 Å². The number of nitrogens with zero attached hydrogens (tertiary/aromatic N) is 2. The molecule has 12 nitrogen and oxygen atoms in total. The molecule has 0 bridgehead atoms. The number of hydrogen-bond donors (Lipinski definition) is 1. The molecule has 264 valence electrons. The fourth-order valence-corrected chi connectivity index (χ4v) is 4.71. The van der Waals surface area contributed by atoms with Crippen LogP contribution in [0.1, 0.15) is 57.0 Å². The molecule has 0 radical (unpaired) electrons. The first-order chi connectivity index (χ1) is 22.8. The van der Waals surface area contributed by atoms with Crippen molar-refractivity contribution in [3.63, 3.8) is 0 Å². The van der Waals surface area contributed by atoms with Gasteiger partial charge in [-0.05, 0) is 51.5 Å². The largest absolute Gasteiger partial charge is 0.497 e. The van der Waals surface area contributed by atoms with E-state index < -0.39 is 28.5 Å². The Bertz CT molecular complexity index is 1340. The summed E-state index contributed by atoms with van der Waals surface area (Å²) in [6.07, 6.45) is 3.10. The zero-order valence-electron chi connectivity index (χ0n) is 29.1. The molecule has 12 heteroatoms. The van der Waals surface area contributed by atoms with E-state index in [0.717, 1.165) is 11.3 Å². The Morgan fingerprint density at radius 2 is 1.79 bits per heavy atom. The Balaban J connectivity index is 2.31. The van der Waals surface area contributed by atoms with E-state index in [2.05, 4.69) is 18.5 Å². The highest BCUT2D eigenvalue weighted by molar-refractivity contribution is 5.97. The maximum atomic E-state index is 14.2. The number of hydrogen-bond acceptors (Lipinski definition) is 10. The topological polar surface area (TPSA) is 139 Å². The number of carbonyl (C=O) groups excluding carboxylic acids is 2. The van der Waals surface area contributed by atoms with Gasteiger partial charge in [-0.3, -0.25) is 19.7 Å². The highest BCUT2D eigenvalue weighted by Crippen LogP contribution is 2.28. The highest BCUT2D eigenvalue weighted by Gasteiger charge is 2.28. The smallest absolute Gasteiger partial charge is 0.320 e. The van der Waals surface area contributed by atoms with Gasteiger partial charge in [0, 0.05) is 44.1 Å². The number of rotatable bonds is 22. The number of nitrogens with one attached hydrogen (secondary N) is 1. The van der Waals surface area contributed by atoms with Crippen molar-refractivity contribution in [2.45, 2.75) is 65.5 Å². The van der Waals surface area contributed by atoms with E-state index in [9.17, 15) is 19.7 Å². The van der Waals surface area contributed by atoms with Gasteiger partial charge in [0.1, 0.15) is 17.1 Å². The minimum Gasteiger partial charge on any atom is -0.497 e. The summed E-state index contributed by atoms with van der Waals surface area (Å²) in [6.45, 7) is 18.1. The van der Waals surface area contributed by atoms with Crippen molar-refractivity contribution in [2.24, 2.45) is 5.92 Å². The summed E-state index contributed by atoms with van der Waals surface area (Å²) in [7, 11) is 1.60. The van der Waals surface area contributed by atoms with E-state index in [1.54, 1.807) is 44.9 Å². The molecule has 2 rings (SSSR count). The minimum atomic E-state index is -0.611. The zero-order chi connectivity index (χ0) is 35.7. The molecule has 0 aliphatic heterocycles. The summed E-state index contributed by atoms with van der Waals surface area (Å²) in [5.41, 5.74) is 0.152. The summed E-state index contributed by atoms with van der Waals surface area (Å²) < 4.78 is 28.6. The summed E-state index contributed by atoms with van der Waals surface area (Å²) in [4.78, 5) is 39.2. The van der Waals surface area contributed by atoms with Crippen molar-refractivity contribution in [2.75, 3.05) is 46.5 Å². The standard InChI is InChI=1S/C36H51N3O9/c1-9-11-27(4)47-32-17-14-29(39(42)43)21-31(32)35(41)38(18-20-45-25-28-12-15-30(44-8)16-13-28)24-26(3)33(46-19-10-2)22-37-23-34(40)48-36(5,6)7/h9-10,12-17,21,26-27,33,37H,1-2,11,18-20,22-25H2,3-8H3/t26-,27+,33?/m1/s1. The molecule has 2 aromatic carbocycles. The van der Waals surface area contributed by atoms with E-state index in [0.29, 0.717) is 19.6 Å². The van der Waals surface area contributed by atoms with Gasteiger partial charge in [0.15, 0.2) is 0 Å². The number of carbonyl (C=O) groups is 2. The van der Waals surface area contributed by atoms with Crippen LogP contribution in [0.2, 0.25) is 0 Å². The lowest BCUT2D eigenvalue weighted by atomic mass is 10.0. The molecule has 48 heavy (non-hydrogen) atoms. The van der Waals surface area contributed by atoms with E-state index in [1.165, 1.54) is 18.2 Å². The number of benzene rings is 2. The lowest BCUT2D eigenvalue weighted by Crippen LogP contribution is -2.44. The minimum absolute atomic E-state index is 0.0168. The third-order valence-electron chi connectivity index (χ3n) is 7.06. The molecule has 1 N–H and O–H groups in total. The van der Waals surface area contributed by atoms with Crippen LogP contribution in [0.3, 0.4) is 0 Å². The monoisotopic (exact) mass is 669 g/mol. The molecule has 3 atom stereocenters. The van der Waals surface area contributed by atoms with Crippen LogP contribution in [0.25, 0.3) is 0 Å². The second kappa shape index (κ2) is 20.2. The van der Waals surface area contributed by atoms with E-state index >= 15 is 0 Å². The van der Waals surface area contributed by atoms with Gasteiger partial charge < -0.3 is 33.9 Å². The molecule has 0 aromatic heterocycles. The van der Waals surface area contributed by atoms with Crippen LogP contribution in [0.15, 0.2) is 67.8 Å². The van der Waals surface area contributed by atoms with Crippen molar-refractivity contribution < 1.29 is 38.2 Å². The fourth-order valence-electron chi connectivity index (χ4n) is 4.71. The van der Waals surface area contributed by atoms with Gasteiger partial charge in [0.05, 0.1) is 56.2 Å². The number of nitro groups is 1. The molecule has 1 unspecified atom stereocenters. The Hall–Kier alpha value is -4.26. The molecule has 2 aromatic rings. The van der Waals surface area contributed by atoms with Crippen LogP contribution in [0.5, 0.6) is 11.5 Å². The van der Waals surface area contributed by atoms with Gasteiger partial charge >= 0.3 is 5.97 Å². The van der Waals surface area contributed by atoms with Crippen molar-refractivity contribution in [1.29, 1.82) is 0 Å². The van der Waals surface area contributed by atoms with Crippen molar-refractivity contribution >= 4 is 17.6 Å². The summed E-state index contributed by atoms with van der Waals surface area (Å²) in [6, 6.07) is 11.5. The predicted octanol–water partition coefficient (Wildman–Crippen LogP) is 5.74. The second-order valence-electron chi connectivity index (χ2n) is 12.4. The summed E-state index contributed by atoms with van der Waals surface area (Å²) in [5, 5.41) is 14.8. The van der Waals surface area contributed by atoms with Crippen LogP contribution < -0.4 is 14.8 Å². The van der Waals surface area contributed by atoms with Crippen LogP contribution >= 0.6 is 0 Å². The maximum absolute atomic E-state index is 14.2. The van der Waals surface area contributed by atoms with Crippen molar-refractivity contribution in [1.82, 2.24) is 10.2 Å². The molecule has 0 aliphatic rings. The first-order valence-corrected chi connectivity index (χ1v) is 16.0. The molecule has 1 amide bonds. The van der Waals surface area contributed by atoms with Gasteiger partial charge in [-0.25, -0.2) is 0 Å². The highest BCUT2D eigenvalue weighted by atomic mass is 16.6. The van der Waals surface area contributed by atoms with Crippen molar-refractivity contribution in [3.8, 4) is 11.5 Å². The van der Waals surface area contributed by atoms with Crippen LogP contribution in [0, 0.1) is 16.0 Å². The first-order valence-electron chi connectivity index (χ1n) is 16.0. The molecule has 0 spiro atoms. The Labute approximate surface area is 284 Å². The van der Waals surface area contributed by atoms with Gasteiger partial charge in [0.2, 0.25) is 0 Å². The number of methoxy groups -OCH3 is 1. The fraction of sp³-hybridized carbons (Fsp3) is 0.500. The van der Waals surface area contributed by atoms with Gasteiger partial charge in [-0.1, -0.05) is 31.2 Å². The third-order valence-corrected chi connectivity index (χ3v) is 7.06. The van der Waals surface area contributed by atoms with Crippen LogP contribution in [0.4, 0.5) is 5.69 Å². The second-order valence-corrected chi connectivity index (χ2v) is 12.4. The molecule has 0 aliphatic carbocycles. The maximum Gasteiger partial charge on any atom is 0.320 e. The number of non-ortho nitro benzene ring substituents is 1. The Morgan fingerprint density at radius 1 is 1.08 bits per heavy atom. The average molecular weight is 670 g/mol. The predicted molar refractivity (Wildman–Crippen MR) is 184 cm³/mol. The van der Waals surface area contributed by atoms with Crippen molar-refractivity contribution in [3.05, 3.63) is 89.0 Å². The molecule has 0 heterocycles. The zero-order valence-corrected chi connectivity index (χ0v) is 29.1. The quantitative estimate of drug-likeness (QED) is 0.0543. The molecular formula is C36H51N3O9. The summed E-state index contributed by atoms with van der Waals surface area (Å²) in [5.74, 6) is -0.133. The van der Waals surface area contributed by atoms with E-state index in [4.69, 9.17) is 23.7 Å². The Kier molecular flexibility index (Phi) is 16.8. The first kappa shape index (κ1) is 39.9. The normalized spacial score (nSPS) is 13.1. The number of ether oxygens (including phenoxy) is 5. The summed E-state index contributed by atoms with van der Waals surface area (Å²) >= 11 is 0. The van der Waals surface area contributed by atoms with Crippen LogP contribution in [-0.2, 0) is 25.6 Å². The molecular weight excluding hydrogens is 618 g/mol. The number of esters is 1. The molecule has 0 fully saturated rings. The lowest BCUT2D eigenvalue weighted by Gasteiger charge is -2.31. The number of nitro benzene ring substituents is 1. The van der Waals surface area contributed by atoms with Crippen LogP contribution in [-0.4, -0.2) is 86.0 Å². The Morgan fingerprint density at radius 3 is 2.40 bits per heavy atom. The van der Waals surface area contributed by atoms with E-state index in [-0.39, 0.29) is 61.9 Å². The van der Waals surface area contributed by atoms with Gasteiger partial charge in [0.25, 0.3) is 11.6 Å². The van der Waals surface area contributed by atoms with E-state index in [1.807, 2.05) is 38.1 Å².